The van der Waals surface area contributed by atoms with Gasteiger partial charge in [0.2, 0.25) is 5.89 Å². The van der Waals surface area contributed by atoms with E-state index < -0.39 is 5.97 Å². The molecule has 1 heterocycles. The smallest absolute Gasteiger partial charge is 0.331 e. The first-order valence-corrected chi connectivity index (χ1v) is 11.3. The van der Waals surface area contributed by atoms with E-state index in [2.05, 4.69) is 10.3 Å². The summed E-state index contributed by atoms with van der Waals surface area (Å²) in [5.41, 5.74) is 3.84. The number of esters is 1. The molecular formula is C28H26N2O5. The van der Waals surface area contributed by atoms with E-state index >= 15 is 0 Å². The molecule has 0 atom stereocenters. The van der Waals surface area contributed by atoms with Crippen LogP contribution < -0.4 is 5.32 Å². The van der Waals surface area contributed by atoms with Crippen molar-refractivity contribution in [3.8, 4) is 17.2 Å². The van der Waals surface area contributed by atoms with Crippen molar-refractivity contribution in [2.75, 3.05) is 6.54 Å². The quantitative estimate of drug-likeness (QED) is 0.266. The number of phenolic OH excluding ortho intramolecular Hbond substituents is 1. The van der Waals surface area contributed by atoms with Crippen molar-refractivity contribution >= 4 is 29.1 Å². The summed E-state index contributed by atoms with van der Waals surface area (Å²) in [4.78, 5) is 29.1. The van der Waals surface area contributed by atoms with Crippen molar-refractivity contribution in [1.29, 1.82) is 0 Å². The third-order valence-corrected chi connectivity index (χ3v) is 5.22. The molecule has 0 saturated heterocycles. The van der Waals surface area contributed by atoms with Gasteiger partial charge in [-0.25, -0.2) is 9.78 Å². The summed E-state index contributed by atoms with van der Waals surface area (Å²) >= 11 is 0. The molecular weight excluding hydrogens is 444 g/mol. The van der Waals surface area contributed by atoms with Crippen LogP contribution in [0.15, 0.2) is 77.2 Å². The van der Waals surface area contributed by atoms with Crippen LogP contribution in [0.3, 0.4) is 0 Å². The maximum atomic E-state index is 12.6. The molecule has 0 aliphatic rings. The van der Waals surface area contributed by atoms with Gasteiger partial charge in [-0.2, -0.15) is 0 Å². The van der Waals surface area contributed by atoms with Gasteiger partial charge in [0.1, 0.15) is 17.9 Å². The average molecular weight is 471 g/mol. The number of ether oxygens (including phenoxy) is 1. The largest absolute Gasteiger partial charge is 0.508 e. The van der Waals surface area contributed by atoms with Gasteiger partial charge in [-0.1, -0.05) is 44.2 Å². The highest BCUT2D eigenvalue weighted by molar-refractivity contribution is 6.04. The molecule has 4 rings (SSSR count). The molecule has 0 radical (unpaired) electrons. The van der Waals surface area contributed by atoms with Crippen LogP contribution >= 0.6 is 0 Å². The lowest BCUT2D eigenvalue weighted by atomic mass is 10.1. The van der Waals surface area contributed by atoms with E-state index in [1.54, 1.807) is 48.5 Å². The van der Waals surface area contributed by atoms with Crippen molar-refractivity contribution < 1.29 is 23.8 Å². The minimum Gasteiger partial charge on any atom is -0.508 e. The molecule has 0 spiro atoms. The van der Waals surface area contributed by atoms with Crippen LogP contribution in [-0.2, 0) is 16.1 Å². The lowest BCUT2D eigenvalue weighted by Crippen LogP contribution is -2.27. The minimum absolute atomic E-state index is 0.118. The Morgan fingerprint density at radius 1 is 1.06 bits per heavy atom. The van der Waals surface area contributed by atoms with Crippen molar-refractivity contribution in [1.82, 2.24) is 10.3 Å². The van der Waals surface area contributed by atoms with E-state index in [0.717, 1.165) is 16.7 Å². The second-order valence-corrected chi connectivity index (χ2v) is 8.51. The number of rotatable bonds is 8. The summed E-state index contributed by atoms with van der Waals surface area (Å²) in [6.07, 6.45) is 2.96. The number of fused-ring (bicyclic) bond motifs is 1. The number of aromatic hydroxyl groups is 1. The first-order chi connectivity index (χ1) is 16.9. The first kappa shape index (κ1) is 23.8. The number of carbonyl (C=O) groups excluding carboxylic acids is 2. The van der Waals surface area contributed by atoms with Crippen LogP contribution in [0.25, 0.3) is 28.6 Å². The molecule has 0 bridgehead atoms. The summed E-state index contributed by atoms with van der Waals surface area (Å²) in [5.74, 6) is 0.257. The zero-order chi connectivity index (χ0) is 24.8. The number of amides is 1. The second kappa shape index (κ2) is 10.7. The van der Waals surface area contributed by atoms with E-state index in [1.165, 1.54) is 6.08 Å². The zero-order valence-corrected chi connectivity index (χ0v) is 19.5. The van der Waals surface area contributed by atoms with Crippen LogP contribution in [0.2, 0.25) is 0 Å². The molecule has 2 N–H and O–H groups in total. The van der Waals surface area contributed by atoms with Gasteiger partial charge < -0.3 is 19.6 Å². The van der Waals surface area contributed by atoms with Crippen molar-refractivity contribution in [3.05, 3.63) is 89.5 Å². The topological polar surface area (TPSA) is 102 Å². The number of nitrogens with zero attached hydrogens (tertiary/aromatic N) is 1. The Morgan fingerprint density at radius 2 is 1.80 bits per heavy atom. The highest BCUT2D eigenvalue weighted by Crippen LogP contribution is 2.27. The predicted octanol–water partition coefficient (Wildman–Crippen LogP) is 5.34. The fraction of sp³-hybridized carbons (Fsp3) is 0.179. The summed E-state index contributed by atoms with van der Waals surface area (Å²) in [6.45, 7) is 4.76. The van der Waals surface area contributed by atoms with Crippen LogP contribution in [0.1, 0.15) is 35.3 Å². The Balaban J connectivity index is 1.40. The number of nitrogens with one attached hydrogen (secondary N) is 1. The normalized spacial score (nSPS) is 11.3. The average Bonchev–Trinajstić information content (AvgIpc) is 3.30. The highest BCUT2D eigenvalue weighted by Gasteiger charge is 2.16. The van der Waals surface area contributed by atoms with E-state index in [9.17, 15) is 14.7 Å². The molecule has 7 heteroatoms. The number of hydrogen-bond acceptors (Lipinski definition) is 6. The van der Waals surface area contributed by atoms with Gasteiger partial charge in [-0.3, -0.25) is 4.79 Å². The standard InChI is InChI=1S/C28H26N2O5/c1-18(2)16-29-27(33)23-4-3-5-24-26(23)35-28(30-24)21-11-6-20(7-12-21)17-34-25(32)15-10-19-8-13-22(31)14-9-19/h3-15,18,31H,16-17H2,1-2H3,(H,29,33)/b15-10+. The molecule has 3 aromatic carbocycles. The molecule has 4 aromatic rings. The zero-order valence-electron chi connectivity index (χ0n) is 19.5. The number of para-hydroxylation sites is 1. The third kappa shape index (κ3) is 6.14. The van der Waals surface area contributed by atoms with Crippen LogP contribution in [0.5, 0.6) is 5.75 Å². The van der Waals surface area contributed by atoms with Gasteiger partial charge in [-0.05, 0) is 59.5 Å². The molecule has 1 aromatic heterocycles. The molecule has 1 amide bonds. The maximum Gasteiger partial charge on any atom is 0.331 e. The molecule has 0 unspecified atom stereocenters. The monoisotopic (exact) mass is 470 g/mol. The highest BCUT2D eigenvalue weighted by atomic mass is 16.5. The van der Waals surface area contributed by atoms with Gasteiger partial charge in [0.05, 0.1) is 5.56 Å². The van der Waals surface area contributed by atoms with E-state index in [0.29, 0.717) is 35.0 Å². The molecule has 7 nitrogen and oxygen atoms in total. The Kier molecular flexibility index (Phi) is 7.26. The van der Waals surface area contributed by atoms with Crippen LogP contribution in [0.4, 0.5) is 0 Å². The van der Waals surface area contributed by atoms with Gasteiger partial charge in [-0.15, -0.1) is 0 Å². The molecule has 178 valence electrons. The maximum absolute atomic E-state index is 12.6. The summed E-state index contributed by atoms with van der Waals surface area (Å²) < 4.78 is 11.2. The SMILES string of the molecule is CC(C)CNC(=O)c1cccc2nc(-c3ccc(COC(=O)/C=C/c4ccc(O)cc4)cc3)oc12. The van der Waals surface area contributed by atoms with E-state index in [-0.39, 0.29) is 18.3 Å². The number of hydrogen-bond donors (Lipinski definition) is 2. The van der Waals surface area contributed by atoms with Crippen LogP contribution in [0, 0.1) is 5.92 Å². The number of phenols is 1. The lowest BCUT2D eigenvalue weighted by Gasteiger charge is -2.07. The number of oxazole rings is 1. The van der Waals surface area contributed by atoms with Crippen LogP contribution in [-0.4, -0.2) is 28.5 Å². The minimum atomic E-state index is -0.468. The number of aromatic nitrogens is 1. The lowest BCUT2D eigenvalue weighted by molar-refractivity contribution is -0.138. The Labute approximate surface area is 203 Å². The molecule has 0 aliphatic heterocycles. The fourth-order valence-electron chi connectivity index (χ4n) is 3.34. The van der Waals surface area contributed by atoms with Gasteiger partial charge >= 0.3 is 5.97 Å². The van der Waals surface area contributed by atoms with Crippen molar-refractivity contribution in [3.63, 3.8) is 0 Å². The first-order valence-electron chi connectivity index (χ1n) is 11.3. The summed E-state index contributed by atoms with van der Waals surface area (Å²) in [5, 5.41) is 12.2. The summed E-state index contributed by atoms with van der Waals surface area (Å²) in [7, 11) is 0. The molecule has 35 heavy (non-hydrogen) atoms. The van der Waals surface area contributed by atoms with Gasteiger partial charge in [0, 0.05) is 18.2 Å². The van der Waals surface area contributed by atoms with Crippen molar-refractivity contribution in [2.24, 2.45) is 5.92 Å². The predicted molar refractivity (Wildman–Crippen MR) is 134 cm³/mol. The molecule has 0 saturated carbocycles. The Hall–Kier alpha value is -4.39. The fourth-order valence-corrected chi connectivity index (χ4v) is 3.34. The molecule has 0 fully saturated rings. The van der Waals surface area contributed by atoms with E-state index in [4.69, 9.17) is 9.15 Å². The van der Waals surface area contributed by atoms with Gasteiger partial charge in [0.25, 0.3) is 5.91 Å². The Morgan fingerprint density at radius 3 is 2.51 bits per heavy atom. The summed E-state index contributed by atoms with van der Waals surface area (Å²) in [6, 6.07) is 19.1. The second-order valence-electron chi connectivity index (χ2n) is 8.51. The molecule has 0 aliphatic carbocycles. The van der Waals surface area contributed by atoms with Crippen molar-refractivity contribution in [2.45, 2.75) is 20.5 Å². The number of benzene rings is 3. The van der Waals surface area contributed by atoms with Gasteiger partial charge in [0.15, 0.2) is 5.58 Å². The van der Waals surface area contributed by atoms with E-state index in [1.807, 2.05) is 38.1 Å². The Bertz CT molecular complexity index is 1350. The number of carbonyl (C=O) groups is 2. The third-order valence-electron chi connectivity index (χ3n) is 5.22.